The van der Waals surface area contributed by atoms with Crippen molar-refractivity contribution in [2.45, 2.75) is 52.0 Å². The van der Waals surface area contributed by atoms with Crippen molar-refractivity contribution in [2.24, 2.45) is 0 Å². The highest BCUT2D eigenvalue weighted by atomic mass is 32.1. The molecule has 0 spiro atoms. The predicted octanol–water partition coefficient (Wildman–Crippen LogP) is 3.59. The van der Waals surface area contributed by atoms with Crippen molar-refractivity contribution < 1.29 is 9.59 Å². The van der Waals surface area contributed by atoms with Crippen molar-refractivity contribution in [1.29, 1.82) is 0 Å². The average molecular weight is 360 g/mol. The quantitative estimate of drug-likeness (QED) is 0.753. The summed E-state index contributed by atoms with van der Waals surface area (Å²) < 4.78 is 0. The van der Waals surface area contributed by atoms with Crippen molar-refractivity contribution >= 4 is 28.3 Å². The van der Waals surface area contributed by atoms with E-state index >= 15 is 0 Å². The van der Waals surface area contributed by atoms with E-state index in [2.05, 4.69) is 34.7 Å². The summed E-state index contributed by atoms with van der Waals surface area (Å²) in [5.41, 5.74) is 0.577. The van der Waals surface area contributed by atoms with Gasteiger partial charge in [-0.25, -0.2) is 0 Å². The first-order valence-corrected chi connectivity index (χ1v) is 9.34. The lowest BCUT2D eigenvalue weighted by Gasteiger charge is -2.13. The molecule has 6 nitrogen and oxygen atoms in total. The molecule has 0 aliphatic carbocycles. The maximum Gasteiger partial charge on any atom is 0.251 e. The second-order valence-electron chi connectivity index (χ2n) is 5.95. The molecular weight excluding hydrogens is 336 g/mol. The van der Waals surface area contributed by atoms with E-state index in [4.69, 9.17) is 0 Å². The van der Waals surface area contributed by atoms with Crippen LogP contribution in [-0.4, -0.2) is 28.1 Å². The molecule has 0 aliphatic rings. The zero-order valence-electron chi connectivity index (χ0n) is 14.8. The summed E-state index contributed by atoms with van der Waals surface area (Å²) in [5.74, 6) is 0.00757. The molecule has 2 rings (SSSR count). The molecule has 1 aromatic heterocycles. The number of hydrogen-bond donors (Lipinski definition) is 2. The molecular formula is C18H24N4O2S. The van der Waals surface area contributed by atoms with Crippen LogP contribution >= 0.6 is 11.3 Å². The topological polar surface area (TPSA) is 84.0 Å². The zero-order chi connectivity index (χ0) is 18.2. The number of carbonyl (C=O) groups excluding carboxylic acids is 2. The highest BCUT2D eigenvalue weighted by Crippen LogP contribution is 2.28. The molecule has 134 valence electrons. The summed E-state index contributed by atoms with van der Waals surface area (Å²) in [5, 5.41) is 15.2. The van der Waals surface area contributed by atoms with E-state index in [1.54, 1.807) is 31.2 Å². The first-order chi connectivity index (χ1) is 12.0. The number of carbonyl (C=O) groups is 2. The zero-order valence-corrected chi connectivity index (χ0v) is 15.6. The van der Waals surface area contributed by atoms with Crippen LogP contribution < -0.4 is 10.6 Å². The fourth-order valence-electron chi connectivity index (χ4n) is 2.48. The molecule has 0 bridgehead atoms. The maximum absolute atomic E-state index is 12.1. The Balaban J connectivity index is 1.84. The normalized spacial score (nSPS) is 12.0. The van der Waals surface area contributed by atoms with Gasteiger partial charge < -0.3 is 10.6 Å². The number of benzene rings is 1. The molecule has 0 radical (unpaired) electrons. The summed E-state index contributed by atoms with van der Waals surface area (Å²) in [7, 11) is 0. The number of nitrogens with one attached hydrogen (secondary N) is 2. The lowest BCUT2D eigenvalue weighted by Crippen LogP contribution is -2.35. The highest BCUT2D eigenvalue weighted by Gasteiger charge is 2.17. The van der Waals surface area contributed by atoms with E-state index in [-0.39, 0.29) is 24.3 Å². The molecule has 0 fully saturated rings. The van der Waals surface area contributed by atoms with E-state index in [1.807, 2.05) is 6.07 Å². The van der Waals surface area contributed by atoms with E-state index in [0.29, 0.717) is 16.6 Å². The third kappa shape index (κ3) is 5.63. The lowest BCUT2D eigenvalue weighted by atomic mass is 10.1. The number of amides is 2. The first kappa shape index (κ1) is 19.1. The highest BCUT2D eigenvalue weighted by molar-refractivity contribution is 7.15. The van der Waals surface area contributed by atoms with Gasteiger partial charge in [-0.05, 0) is 31.9 Å². The minimum Gasteiger partial charge on any atom is -0.349 e. The smallest absolute Gasteiger partial charge is 0.251 e. The van der Waals surface area contributed by atoms with E-state index in [1.165, 1.54) is 11.3 Å². The van der Waals surface area contributed by atoms with Crippen LogP contribution in [0.3, 0.4) is 0 Å². The van der Waals surface area contributed by atoms with Crippen LogP contribution in [0.4, 0.5) is 5.13 Å². The molecule has 2 N–H and O–H groups in total. The molecule has 1 atom stereocenters. The molecule has 25 heavy (non-hydrogen) atoms. The average Bonchev–Trinajstić information content (AvgIpc) is 3.04. The fourth-order valence-corrected chi connectivity index (χ4v) is 3.51. The van der Waals surface area contributed by atoms with Crippen molar-refractivity contribution in [1.82, 2.24) is 15.5 Å². The van der Waals surface area contributed by atoms with Crippen LogP contribution in [0.15, 0.2) is 30.3 Å². The summed E-state index contributed by atoms with van der Waals surface area (Å²) in [6.45, 7) is 6.03. The Kier molecular flexibility index (Phi) is 7.06. The Labute approximate surface area is 152 Å². The largest absolute Gasteiger partial charge is 0.349 e. The standard InChI is InChI=1S/C18H24N4O2S/c1-4-13(5-2)17-21-22-18(25-17)20-15(23)11-12(3)19-16(24)14-9-7-6-8-10-14/h6-10,12-13H,4-5,11H2,1-3H3,(H,19,24)(H,20,22,23). The second-order valence-corrected chi connectivity index (χ2v) is 6.96. The van der Waals surface area contributed by atoms with Gasteiger partial charge in [0.1, 0.15) is 5.01 Å². The number of hydrogen-bond acceptors (Lipinski definition) is 5. The van der Waals surface area contributed by atoms with Gasteiger partial charge in [-0.3, -0.25) is 9.59 Å². The predicted molar refractivity (Wildman–Crippen MR) is 99.8 cm³/mol. The lowest BCUT2D eigenvalue weighted by molar-refractivity contribution is -0.116. The summed E-state index contributed by atoms with van der Waals surface area (Å²) in [4.78, 5) is 24.2. The minimum atomic E-state index is -0.279. The van der Waals surface area contributed by atoms with Crippen LogP contribution in [0.2, 0.25) is 0 Å². The molecule has 2 aromatic rings. The minimum absolute atomic E-state index is 0.179. The first-order valence-electron chi connectivity index (χ1n) is 8.52. The molecule has 1 aromatic carbocycles. The van der Waals surface area contributed by atoms with Crippen molar-refractivity contribution in [3.8, 4) is 0 Å². The van der Waals surface area contributed by atoms with Crippen LogP contribution in [0.1, 0.15) is 61.3 Å². The Morgan fingerprint density at radius 3 is 2.44 bits per heavy atom. The van der Waals surface area contributed by atoms with Gasteiger partial charge in [-0.15, -0.1) is 10.2 Å². The van der Waals surface area contributed by atoms with E-state index in [0.717, 1.165) is 17.8 Å². The molecule has 7 heteroatoms. The number of aromatic nitrogens is 2. The fraction of sp³-hybridized carbons (Fsp3) is 0.444. The summed E-state index contributed by atoms with van der Waals surface area (Å²) >= 11 is 1.41. The Morgan fingerprint density at radius 2 is 1.80 bits per heavy atom. The third-order valence-electron chi connectivity index (χ3n) is 3.93. The van der Waals surface area contributed by atoms with Crippen molar-refractivity contribution in [3.05, 3.63) is 40.9 Å². The van der Waals surface area contributed by atoms with Gasteiger partial charge in [0.15, 0.2) is 0 Å². The molecule has 0 aliphatic heterocycles. The van der Waals surface area contributed by atoms with E-state index < -0.39 is 0 Å². The molecule has 1 heterocycles. The number of anilines is 1. The molecule has 0 saturated carbocycles. The van der Waals surface area contributed by atoms with Crippen molar-refractivity contribution in [2.75, 3.05) is 5.32 Å². The SMILES string of the molecule is CCC(CC)c1nnc(NC(=O)CC(C)NC(=O)c2ccccc2)s1. The Hall–Kier alpha value is -2.28. The second kappa shape index (κ2) is 9.27. The Morgan fingerprint density at radius 1 is 1.12 bits per heavy atom. The third-order valence-corrected chi connectivity index (χ3v) is 4.93. The molecule has 2 amide bonds. The Bertz CT molecular complexity index is 698. The molecule has 0 saturated heterocycles. The van der Waals surface area contributed by atoms with Gasteiger partial charge >= 0.3 is 0 Å². The van der Waals surface area contributed by atoms with E-state index in [9.17, 15) is 9.59 Å². The van der Waals surface area contributed by atoms with Gasteiger partial charge in [0, 0.05) is 23.9 Å². The number of nitrogens with zero attached hydrogens (tertiary/aromatic N) is 2. The summed E-state index contributed by atoms with van der Waals surface area (Å²) in [6.07, 6.45) is 2.18. The van der Waals surface area contributed by atoms with Crippen LogP contribution in [0.5, 0.6) is 0 Å². The number of rotatable bonds is 8. The van der Waals surface area contributed by atoms with Crippen molar-refractivity contribution in [3.63, 3.8) is 0 Å². The van der Waals surface area contributed by atoms with Gasteiger partial charge in [0.2, 0.25) is 11.0 Å². The van der Waals surface area contributed by atoms with Gasteiger partial charge in [0.05, 0.1) is 0 Å². The van der Waals surface area contributed by atoms with Gasteiger partial charge in [-0.1, -0.05) is 43.4 Å². The van der Waals surface area contributed by atoms with Crippen LogP contribution in [0, 0.1) is 0 Å². The maximum atomic E-state index is 12.1. The van der Waals surface area contributed by atoms with Crippen LogP contribution in [-0.2, 0) is 4.79 Å². The summed E-state index contributed by atoms with van der Waals surface area (Å²) in [6, 6.07) is 8.66. The molecule has 1 unspecified atom stereocenters. The van der Waals surface area contributed by atoms with Crippen LogP contribution in [0.25, 0.3) is 0 Å². The van der Waals surface area contributed by atoms with Gasteiger partial charge in [-0.2, -0.15) is 0 Å². The van der Waals surface area contributed by atoms with Gasteiger partial charge in [0.25, 0.3) is 5.91 Å². The monoisotopic (exact) mass is 360 g/mol.